The van der Waals surface area contributed by atoms with E-state index in [1.165, 1.54) is 18.4 Å². The van der Waals surface area contributed by atoms with Crippen molar-refractivity contribution in [2.75, 3.05) is 7.11 Å². The number of halogens is 1. The molecule has 0 aliphatic heterocycles. The Morgan fingerprint density at radius 3 is 2.67 bits per heavy atom. The van der Waals surface area contributed by atoms with Gasteiger partial charge in [0.15, 0.2) is 0 Å². The lowest BCUT2D eigenvalue weighted by molar-refractivity contribution is -0.144. The van der Waals surface area contributed by atoms with Gasteiger partial charge in [-0.3, -0.25) is 4.79 Å². The Morgan fingerprint density at radius 1 is 1.56 bits per heavy atom. The summed E-state index contributed by atoms with van der Waals surface area (Å²) >= 11 is 3.65. The number of carbonyl (C=O) groups excluding carboxylic acids is 2. The molecule has 6 heteroatoms. The standard InChI is InChI=1S/C12H16INO3S/c1-4-7(2)10(12(16)17-3)14-11(15)8-5-9(13)18-6-8/h5-7,10H,4H2,1-3H3,(H,14,15). The molecule has 0 radical (unpaired) electrons. The van der Waals surface area contributed by atoms with Crippen molar-refractivity contribution in [3.63, 3.8) is 0 Å². The molecule has 0 bridgehead atoms. The molecule has 1 rings (SSSR count). The Hall–Kier alpha value is -0.630. The SMILES string of the molecule is CCC(C)C(NC(=O)c1csc(I)c1)C(=O)OC. The van der Waals surface area contributed by atoms with E-state index in [4.69, 9.17) is 4.74 Å². The first-order valence-electron chi connectivity index (χ1n) is 5.62. The Bertz CT molecular complexity index is 433. The van der Waals surface area contributed by atoms with E-state index < -0.39 is 12.0 Å². The number of hydrogen-bond acceptors (Lipinski definition) is 4. The van der Waals surface area contributed by atoms with Crippen molar-refractivity contribution in [2.24, 2.45) is 5.92 Å². The van der Waals surface area contributed by atoms with Crippen molar-refractivity contribution in [3.05, 3.63) is 19.9 Å². The summed E-state index contributed by atoms with van der Waals surface area (Å²) in [6.07, 6.45) is 0.793. The maximum absolute atomic E-state index is 12.0. The highest BCUT2D eigenvalue weighted by atomic mass is 127. The summed E-state index contributed by atoms with van der Waals surface area (Å²) in [7, 11) is 1.33. The van der Waals surface area contributed by atoms with Gasteiger partial charge in [-0.25, -0.2) is 4.79 Å². The topological polar surface area (TPSA) is 55.4 Å². The first-order chi connectivity index (χ1) is 8.49. The van der Waals surface area contributed by atoms with E-state index in [0.29, 0.717) is 5.56 Å². The molecule has 0 spiro atoms. The molecule has 1 N–H and O–H groups in total. The van der Waals surface area contributed by atoms with Gasteiger partial charge < -0.3 is 10.1 Å². The lowest BCUT2D eigenvalue weighted by Crippen LogP contribution is -2.45. The molecule has 1 aromatic heterocycles. The molecule has 0 saturated heterocycles. The third-order valence-electron chi connectivity index (χ3n) is 2.78. The van der Waals surface area contributed by atoms with Crippen LogP contribution in [-0.2, 0) is 9.53 Å². The molecule has 1 aromatic rings. The van der Waals surface area contributed by atoms with E-state index in [2.05, 4.69) is 27.9 Å². The predicted molar refractivity (Wildman–Crippen MR) is 79.8 cm³/mol. The lowest BCUT2D eigenvalue weighted by atomic mass is 9.99. The monoisotopic (exact) mass is 381 g/mol. The molecule has 0 saturated carbocycles. The number of esters is 1. The smallest absolute Gasteiger partial charge is 0.328 e. The maximum Gasteiger partial charge on any atom is 0.328 e. The average molecular weight is 381 g/mol. The second-order valence-corrected chi connectivity index (χ2v) is 6.80. The predicted octanol–water partition coefficient (Wildman–Crippen LogP) is 2.67. The maximum atomic E-state index is 12.0. The van der Waals surface area contributed by atoms with Crippen LogP contribution in [-0.4, -0.2) is 25.0 Å². The van der Waals surface area contributed by atoms with Crippen LogP contribution in [0.25, 0.3) is 0 Å². The van der Waals surface area contributed by atoms with Crippen LogP contribution < -0.4 is 5.32 Å². The molecular formula is C12H16INO3S. The van der Waals surface area contributed by atoms with E-state index in [1.807, 2.05) is 13.8 Å². The molecule has 1 heterocycles. The van der Waals surface area contributed by atoms with Gasteiger partial charge in [-0.15, -0.1) is 11.3 Å². The minimum absolute atomic E-state index is 0.0408. The number of carbonyl (C=O) groups is 2. The molecule has 2 unspecified atom stereocenters. The van der Waals surface area contributed by atoms with Crippen LogP contribution in [0.5, 0.6) is 0 Å². The summed E-state index contributed by atoms with van der Waals surface area (Å²) in [5.41, 5.74) is 0.585. The fourth-order valence-corrected chi connectivity index (χ4v) is 2.78. The minimum Gasteiger partial charge on any atom is -0.467 e. The number of ether oxygens (including phenoxy) is 1. The van der Waals surface area contributed by atoms with Crippen molar-refractivity contribution in [3.8, 4) is 0 Å². The number of amides is 1. The zero-order valence-corrected chi connectivity index (χ0v) is 13.5. The van der Waals surface area contributed by atoms with Crippen molar-refractivity contribution < 1.29 is 14.3 Å². The lowest BCUT2D eigenvalue weighted by Gasteiger charge is -2.21. The van der Waals surface area contributed by atoms with Crippen LogP contribution in [0, 0.1) is 8.80 Å². The molecule has 0 aromatic carbocycles. The van der Waals surface area contributed by atoms with Gasteiger partial charge in [0, 0.05) is 5.38 Å². The van der Waals surface area contributed by atoms with Crippen LogP contribution in [0.1, 0.15) is 30.6 Å². The molecule has 4 nitrogen and oxygen atoms in total. The first-order valence-corrected chi connectivity index (χ1v) is 7.58. The largest absolute Gasteiger partial charge is 0.467 e. The normalized spacial score (nSPS) is 13.8. The fourth-order valence-electron chi connectivity index (χ4n) is 1.45. The van der Waals surface area contributed by atoms with Gasteiger partial charge >= 0.3 is 5.97 Å². The Balaban J connectivity index is 2.77. The van der Waals surface area contributed by atoms with Crippen LogP contribution in [0.3, 0.4) is 0 Å². The second-order valence-electron chi connectivity index (χ2n) is 4.00. The Labute approximate surface area is 124 Å². The van der Waals surface area contributed by atoms with Crippen LogP contribution in [0.15, 0.2) is 11.4 Å². The molecule has 18 heavy (non-hydrogen) atoms. The molecular weight excluding hydrogens is 365 g/mol. The third-order valence-corrected chi connectivity index (χ3v) is 4.57. The highest BCUT2D eigenvalue weighted by molar-refractivity contribution is 14.1. The van der Waals surface area contributed by atoms with Gasteiger partial charge in [0.1, 0.15) is 6.04 Å². The summed E-state index contributed by atoms with van der Waals surface area (Å²) in [5, 5.41) is 4.52. The van der Waals surface area contributed by atoms with E-state index in [1.54, 1.807) is 11.4 Å². The number of thiophene rings is 1. The average Bonchev–Trinajstić information content (AvgIpc) is 2.80. The third kappa shape index (κ3) is 3.94. The van der Waals surface area contributed by atoms with E-state index >= 15 is 0 Å². The number of rotatable bonds is 5. The van der Waals surface area contributed by atoms with Crippen LogP contribution in [0.4, 0.5) is 0 Å². The molecule has 0 fully saturated rings. The van der Waals surface area contributed by atoms with Gasteiger partial charge in [0.2, 0.25) is 0 Å². The highest BCUT2D eigenvalue weighted by Gasteiger charge is 2.27. The van der Waals surface area contributed by atoms with Crippen LogP contribution in [0.2, 0.25) is 0 Å². The van der Waals surface area contributed by atoms with Crippen molar-refractivity contribution in [2.45, 2.75) is 26.3 Å². The number of hydrogen-bond donors (Lipinski definition) is 1. The quantitative estimate of drug-likeness (QED) is 0.630. The second kappa shape index (κ2) is 7.08. The van der Waals surface area contributed by atoms with E-state index in [-0.39, 0.29) is 11.8 Å². The fraction of sp³-hybridized carbons (Fsp3) is 0.500. The summed E-state index contributed by atoms with van der Waals surface area (Å²) < 4.78 is 5.76. The van der Waals surface area contributed by atoms with Gasteiger partial charge in [-0.05, 0) is 34.6 Å². The van der Waals surface area contributed by atoms with Crippen molar-refractivity contribution in [1.29, 1.82) is 0 Å². The first kappa shape index (κ1) is 15.4. The zero-order chi connectivity index (χ0) is 13.7. The van der Waals surface area contributed by atoms with E-state index in [0.717, 1.165) is 9.30 Å². The molecule has 2 atom stereocenters. The number of nitrogens with one attached hydrogen (secondary N) is 1. The van der Waals surface area contributed by atoms with Gasteiger partial charge in [0.05, 0.1) is 15.6 Å². The summed E-state index contributed by atoms with van der Waals surface area (Å²) in [4.78, 5) is 23.6. The Morgan fingerprint density at radius 2 is 2.22 bits per heavy atom. The Kier molecular flexibility index (Phi) is 6.07. The molecule has 0 aliphatic carbocycles. The van der Waals surface area contributed by atoms with Crippen molar-refractivity contribution >= 4 is 45.8 Å². The van der Waals surface area contributed by atoms with Gasteiger partial charge in [-0.2, -0.15) is 0 Å². The molecule has 100 valence electrons. The highest BCUT2D eigenvalue weighted by Crippen LogP contribution is 2.17. The minimum atomic E-state index is -0.593. The van der Waals surface area contributed by atoms with E-state index in [9.17, 15) is 9.59 Å². The van der Waals surface area contributed by atoms with Gasteiger partial charge in [0.25, 0.3) is 5.91 Å². The van der Waals surface area contributed by atoms with Crippen molar-refractivity contribution in [1.82, 2.24) is 5.32 Å². The van der Waals surface area contributed by atoms with Crippen LogP contribution >= 0.6 is 33.9 Å². The zero-order valence-electron chi connectivity index (χ0n) is 10.5. The summed E-state index contributed by atoms with van der Waals surface area (Å²) in [6, 6.07) is 1.20. The van der Waals surface area contributed by atoms with Gasteiger partial charge in [-0.1, -0.05) is 20.3 Å². The molecule has 1 amide bonds. The molecule has 0 aliphatic rings. The number of methoxy groups -OCH3 is 1. The summed E-state index contributed by atoms with van der Waals surface area (Å²) in [6.45, 7) is 3.89. The summed E-state index contributed by atoms with van der Waals surface area (Å²) in [5.74, 6) is -0.591.